The van der Waals surface area contributed by atoms with Crippen LogP contribution in [0.15, 0.2) is 30.3 Å². The van der Waals surface area contributed by atoms with Crippen LogP contribution in [0.5, 0.6) is 0 Å². The van der Waals surface area contributed by atoms with Gasteiger partial charge in [-0.05, 0) is 30.7 Å². The van der Waals surface area contributed by atoms with Gasteiger partial charge in [-0.1, -0.05) is 30.3 Å². The first-order valence-electron chi connectivity index (χ1n) is 6.53. The van der Waals surface area contributed by atoms with Gasteiger partial charge < -0.3 is 9.47 Å². The number of hydrogen-bond donors (Lipinski definition) is 0. The van der Waals surface area contributed by atoms with E-state index < -0.39 is 0 Å². The average molecular weight is 271 g/mol. The van der Waals surface area contributed by atoms with E-state index in [0.29, 0.717) is 11.8 Å². The fourth-order valence-corrected chi connectivity index (χ4v) is 2.10. The number of hydrogen-bond acceptors (Lipinski definition) is 2. The number of benzene rings is 1. The van der Waals surface area contributed by atoms with Gasteiger partial charge in [-0.2, -0.15) is 0 Å². The number of rotatable bonds is 10. The molecule has 2 nitrogen and oxygen atoms in total. The van der Waals surface area contributed by atoms with Crippen LogP contribution in [0.1, 0.15) is 18.4 Å². The SMILES string of the molecule is COCCCOCCC(CCl)Cc1ccccc1. The first kappa shape index (κ1) is 15.5. The Morgan fingerprint density at radius 1 is 1.11 bits per heavy atom. The lowest BCUT2D eigenvalue weighted by molar-refractivity contribution is 0.0951. The number of alkyl halides is 1. The molecule has 1 rings (SSSR count). The molecule has 0 saturated heterocycles. The summed E-state index contributed by atoms with van der Waals surface area (Å²) in [4.78, 5) is 0. The first-order chi connectivity index (χ1) is 8.86. The van der Waals surface area contributed by atoms with E-state index >= 15 is 0 Å². The van der Waals surface area contributed by atoms with Gasteiger partial charge in [0.1, 0.15) is 0 Å². The van der Waals surface area contributed by atoms with E-state index in [-0.39, 0.29) is 0 Å². The summed E-state index contributed by atoms with van der Waals surface area (Å²) in [5.74, 6) is 1.19. The topological polar surface area (TPSA) is 18.5 Å². The van der Waals surface area contributed by atoms with Crippen molar-refractivity contribution in [3.8, 4) is 0 Å². The van der Waals surface area contributed by atoms with E-state index in [4.69, 9.17) is 21.1 Å². The molecule has 0 amide bonds. The summed E-state index contributed by atoms with van der Waals surface area (Å²) in [7, 11) is 1.71. The molecule has 0 fully saturated rings. The Kier molecular flexibility index (Phi) is 8.92. The van der Waals surface area contributed by atoms with Gasteiger partial charge in [-0.25, -0.2) is 0 Å². The first-order valence-corrected chi connectivity index (χ1v) is 7.07. The molecular formula is C15H23ClO2. The minimum absolute atomic E-state index is 0.497. The summed E-state index contributed by atoms with van der Waals surface area (Å²) in [6.07, 6.45) is 3.01. The molecule has 0 aliphatic carbocycles. The van der Waals surface area contributed by atoms with Crippen LogP contribution in [0, 0.1) is 5.92 Å². The maximum Gasteiger partial charge on any atom is 0.0487 e. The lowest BCUT2D eigenvalue weighted by atomic mass is 9.98. The normalized spacial score (nSPS) is 12.6. The Morgan fingerprint density at radius 2 is 1.89 bits per heavy atom. The maximum absolute atomic E-state index is 6.00. The minimum atomic E-state index is 0.497. The zero-order valence-electron chi connectivity index (χ0n) is 11.1. The number of methoxy groups -OCH3 is 1. The quantitative estimate of drug-likeness (QED) is 0.478. The molecule has 1 aromatic rings. The van der Waals surface area contributed by atoms with Gasteiger partial charge in [0.25, 0.3) is 0 Å². The zero-order chi connectivity index (χ0) is 13.1. The van der Waals surface area contributed by atoms with Crippen molar-refractivity contribution in [3.63, 3.8) is 0 Å². The monoisotopic (exact) mass is 270 g/mol. The summed E-state index contributed by atoms with van der Waals surface area (Å²) in [5, 5.41) is 0. The molecule has 0 saturated carbocycles. The van der Waals surface area contributed by atoms with E-state index in [9.17, 15) is 0 Å². The van der Waals surface area contributed by atoms with Crippen molar-refractivity contribution in [2.24, 2.45) is 5.92 Å². The molecule has 0 aromatic heterocycles. The van der Waals surface area contributed by atoms with Crippen LogP contribution in [-0.4, -0.2) is 32.8 Å². The van der Waals surface area contributed by atoms with Crippen LogP contribution in [0.3, 0.4) is 0 Å². The number of ether oxygens (including phenoxy) is 2. The third-order valence-corrected chi connectivity index (χ3v) is 3.33. The Bertz CT molecular complexity index is 290. The lowest BCUT2D eigenvalue weighted by Gasteiger charge is -2.14. The highest BCUT2D eigenvalue weighted by molar-refractivity contribution is 6.18. The minimum Gasteiger partial charge on any atom is -0.385 e. The van der Waals surface area contributed by atoms with E-state index in [2.05, 4.69) is 24.3 Å². The highest BCUT2D eigenvalue weighted by atomic mass is 35.5. The molecule has 18 heavy (non-hydrogen) atoms. The standard InChI is InChI=1S/C15H23ClO2/c1-17-9-5-10-18-11-8-15(13-16)12-14-6-3-2-4-7-14/h2-4,6-7,15H,5,8-13H2,1H3. The van der Waals surface area contributed by atoms with Gasteiger partial charge >= 0.3 is 0 Å². The van der Waals surface area contributed by atoms with Crippen LogP contribution in [0.4, 0.5) is 0 Å². The second-order valence-corrected chi connectivity index (χ2v) is 4.77. The average Bonchev–Trinajstić information content (AvgIpc) is 2.42. The van der Waals surface area contributed by atoms with E-state index in [1.165, 1.54) is 5.56 Å². The molecule has 0 N–H and O–H groups in total. The Hall–Kier alpha value is -0.570. The zero-order valence-corrected chi connectivity index (χ0v) is 11.9. The van der Waals surface area contributed by atoms with Gasteiger partial charge in [0, 0.05) is 32.8 Å². The van der Waals surface area contributed by atoms with Crippen molar-refractivity contribution < 1.29 is 9.47 Å². The highest BCUT2D eigenvalue weighted by Gasteiger charge is 2.08. The molecule has 0 aliphatic rings. The summed E-state index contributed by atoms with van der Waals surface area (Å²) in [6, 6.07) is 10.5. The van der Waals surface area contributed by atoms with Gasteiger partial charge in [0.2, 0.25) is 0 Å². The third kappa shape index (κ3) is 7.00. The fourth-order valence-electron chi connectivity index (χ4n) is 1.84. The van der Waals surface area contributed by atoms with Crippen LogP contribution < -0.4 is 0 Å². The van der Waals surface area contributed by atoms with Crippen LogP contribution in [0.25, 0.3) is 0 Å². The molecule has 0 spiro atoms. The van der Waals surface area contributed by atoms with Crippen molar-refractivity contribution in [3.05, 3.63) is 35.9 Å². The van der Waals surface area contributed by atoms with Crippen LogP contribution in [-0.2, 0) is 15.9 Å². The summed E-state index contributed by atoms with van der Waals surface area (Å²) in [6.45, 7) is 2.32. The Labute approximate surface area is 115 Å². The second kappa shape index (κ2) is 10.4. The molecular weight excluding hydrogens is 248 g/mol. The molecule has 0 heterocycles. The molecule has 1 atom stereocenters. The predicted octanol–water partition coefficient (Wildman–Crippen LogP) is 3.53. The molecule has 1 unspecified atom stereocenters. The van der Waals surface area contributed by atoms with Gasteiger partial charge in [0.05, 0.1) is 0 Å². The maximum atomic E-state index is 6.00. The molecule has 3 heteroatoms. The predicted molar refractivity (Wildman–Crippen MR) is 76.3 cm³/mol. The summed E-state index contributed by atoms with van der Waals surface area (Å²) >= 11 is 6.00. The van der Waals surface area contributed by atoms with Crippen LogP contribution >= 0.6 is 11.6 Å². The highest BCUT2D eigenvalue weighted by Crippen LogP contribution is 2.14. The van der Waals surface area contributed by atoms with E-state index in [1.54, 1.807) is 7.11 Å². The van der Waals surface area contributed by atoms with E-state index in [0.717, 1.165) is 39.1 Å². The number of halogens is 1. The Balaban J connectivity index is 2.14. The van der Waals surface area contributed by atoms with Gasteiger partial charge in [0.15, 0.2) is 0 Å². The van der Waals surface area contributed by atoms with Crippen molar-refractivity contribution in [1.29, 1.82) is 0 Å². The second-order valence-electron chi connectivity index (χ2n) is 4.46. The van der Waals surface area contributed by atoms with Crippen molar-refractivity contribution in [1.82, 2.24) is 0 Å². The summed E-state index contributed by atoms with van der Waals surface area (Å²) in [5.41, 5.74) is 1.35. The van der Waals surface area contributed by atoms with Crippen molar-refractivity contribution >= 4 is 11.6 Å². The molecule has 102 valence electrons. The van der Waals surface area contributed by atoms with Crippen LogP contribution in [0.2, 0.25) is 0 Å². The fraction of sp³-hybridized carbons (Fsp3) is 0.600. The van der Waals surface area contributed by atoms with Crippen molar-refractivity contribution in [2.45, 2.75) is 19.3 Å². The molecule has 1 aromatic carbocycles. The molecule has 0 radical (unpaired) electrons. The molecule has 0 bridgehead atoms. The van der Waals surface area contributed by atoms with Crippen molar-refractivity contribution in [2.75, 3.05) is 32.8 Å². The smallest absolute Gasteiger partial charge is 0.0487 e. The third-order valence-electron chi connectivity index (χ3n) is 2.89. The van der Waals surface area contributed by atoms with Gasteiger partial charge in [-0.15, -0.1) is 11.6 Å². The van der Waals surface area contributed by atoms with Gasteiger partial charge in [-0.3, -0.25) is 0 Å². The Morgan fingerprint density at radius 3 is 2.56 bits per heavy atom. The molecule has 0 aliphatic heterocycles. The largest absolute Gasteiger partial charge is 0.385 e. The lowest BCUT2D eigenvalue weighted by Crippen LogP contribution is -2.11. The summed E-state index contributed by atoms with van der Waals surface area (Å²) < 4.78 is 10.5. The van der Waals surface area contributed by atoms with E-state index in [1.807, 2.05) is 6.07 Å².